The molecule has 1 nitrogen and oxygen atoms in total. The van der Waals surface area contributed by atoms with Crippen LogP contribution in [0.25, 0.3) is 0 Å². The van der Waals surface area contributed by atoms with Crippen LogP contribution >= 0.6 is 0 Å². The standard InChI is InChI=1S/C17H27N/c1-2-16-10-8-11-17(15-16)9-4-7-14-18-12-5-3-6-13-18/h8,10-11,15H,2-7,9,12-14H2,1H3. The summed E-state index contributed by atoms with van der Waals surface area (Å²) in [6.07, 6.45) is 9.38. The molecule has 0 atom stereocenters. The normalized spacial score (nSPS) is 16.9. The number of hydrogen-bond donors (Lipinski definition) is 0. The van der Waals surface area contributed by atoms with Crippen LogP contribution in [0.15, 0.2) is 24.3 Å². The smallest absolute Gasteiger partial charge is 0.00186 e. The van der Waals surface area contributed by atoms with Gasteiger partial charge in [0.25, 0.3) is 0 Å². The van der Waals surface area contributed by atoms with Gasteiger partial charge >= 0.3 is 0 Å². The first kappa shape index (κ1) is 13.6. The minimum absolute atomic E-state index is 1.15. The molecule has 1 saturated heterocycles. The van der Waals surface area contributed by atoms with Gasteiger partial charge in [-0.25, -0.2) is 0 Å². The lowest BCUT2D eigenvalue weighted by atomic mass is 10.0. The highest BCUT2D eigenvalue weighted by atomic mass is 15.1. The maximum Gasteiger partial charge on any atom is -0.00186 e. The fourth-order valence-corrected chi connectivity index (χ4v) is 2.85. The van der Waals surface area contributed by atoms with E-state index in [1.807, 2.05) is 0 Å². The van der Waals surface area contributed by atoms with E-state index >= 15 is 0 Å². The monoisotopic (exact) mass is 245 g/mol. The first-order valence-corrected chi connectivity index (χ1v) is 7.68. The van der Waals surface area contributed by atoms with E-state index in [9.17, 15) is 0 Å². The van der Waals surface area contributed by atoms with Crippen LogP contribution in [0.1, 0.15) is 50.2 Å². The molecule has 1 heteroatoms. The summed E-state index contributed by atoms with van der Waals surface area (Å²) in [6, 6.07) is 9.09. The molecule has 18 heavy (non-hydrogen) atoms. The zero-order valence-electron chi connectivity index (χ0n) is 11.8. The molecule has 0 amide bonds. The van der Waals surface area contributed by atoms with Crippen LogP contribution in [0.4, 0.5) is 0 Å². The van der Waals surface area contributed by atoms with Gasteiger partial charge in [0.05, 0.1) is 0 Å². The Kier molecular flexibility index (Phi) is 5.73. The van der Waals surface area contributed by atoms with E-state index in [4.69, 9.17) is 0 Å². The molecule has 2 rings (SSSR count). The van der Waals surface area contributed by atoms with Crippen LogP contribution in [0, 0.1) is 0 Å². The first-order valence-electron chi connectivity index (χ1n) is 7.68. The van der Waals surface area contributed by atoms with E-state index < -0.39 is 0 Å². The Morgan fingerprint density at radius 3 is 2.56 bits per heavy atom. The lowest BCUT2D eigenvalue weighted by Gasteiger charge is -2.26. The first-order chi connectivity index (χ1) is 8.88. The van der Waals surface area contributed by atoms with Crippen LogP contribution in [-0.2, 0) is 12.8 Å². The zero-order valence-corrected chi connectivity index (χ0v) is 11.8. The maximum absolute atomic E-state index is 2.64. The van der Waals surface area contributed by atoms with E-state index in [-0.39, 0.29) is 0 Å². The van der Waals surface area contributed by atoms with Crippen molar-refractivity contribution in [2.24, 2.45) is 0 Å². The van der Waals surface area contributed by atoms with Gasteiger partial charge in [0.1, 0.15) is 0 Å². The number of benzene rings is 1. The highest BCUT2D eigenvalue weighted by molar-refractivity contribution is 5.23. The van der Waals surface area contributed by atoms with Crippen molar-refractivity contribution >= 4 is 0 Å². The van der Waals surface area contributed by atoms with Crippen molar-refractivity contribution < 1.29 is 0 Å². The Hall–Kier alpha value is -0.820. The van der Waals surface area contributed by atoms with Crippen molar-refractivity contribution in [3.05, 3.63) is 35.4 Å². The summed E-state index contributed by atoms with van der Waals surface area (Å²) >= 11 is 0. The van der Waals surface area contributed by atoms with E-state index in [0.29, 0.717) is 0 Å². The summed E-state index contributed by atoms with van der Waals surface area (Å²) in [5.41, 5.74) is 3.00. The van der Waals surface area contributed by atoms with Gasteiger partial charge in [0, 0.05) is 0 Å². The molecule has 0 bridgehead atoms. The molecule has 0 aromatic heterocycles. The van der Waals surface area contributed by atoms with Gasteiger partial charge in [-0.1, -0.05) is 37.6 Å². The van der Waals surface area contributed by atoms with Crippen molar-refractivity contribution in [2.45, 2.75) is 51.9 Å². The van der Waals surface area contributed by atoms with Gasteiger partial charge in [0.2, 0.25) is 0 Å². The summed E-state index contributed by atoms with van der Waals surface area (Å²) in [5.74, 6) is 0. The number of likely N-dealkylation sites (tertiary alicyclic amines) is 1. The van der Waals surface area contributed by atoms with Gasteiger partial charge in [-0.05, 0) is 69.3 Å². The summed E-state index contributed by atoms with van der Waals surface area (Å²) in [7, 11) is 0. The third-order valence-corrected chi connectivity index (χ3v) is 4.04. The minimum Gasteiger partial charge on any atom is -0.303 e. The molecule has 0 aliphatic carbocycles. The average molecular weight is 245 g/mol. The molecular formula is C17H27N. The number of aryl methyl sites for hydroxylation is 2. The number of hydrogen-bond acceptors (Lipinski definition) is 1. The molecule has 1 aliphatic rings. The minimum atomic E-state index is 1.15. The van der Waals surface area contributed by atoms with Crippen LogP contribution in [0.2, 0.25) is 0 Å². The second-order valence-corrected chi connectivity index (χ2v) is 5.53. The van der Waals surface area contributed by atoms with Crippen molar-refractivity contribution in [2.75, 3.05) is 19.6 Å². The Labute approximate surface area is 112 Å². The molecule has 1 aliphatic heterocycles. The number of unbranched alkanes of at least 4 members (excludes halogenated alkanes) is 1. The lowest BCUT2D eigenvalue weighted by molar-refractivity contribution is 0.225. The van der Waals surface area contributed by atoms with Crippen LogP contribution in [0.3, 0.4) is 0 Å². The molecule has 1 aromatic rings. The highest BCUT2D eigenvalue weighted by Gasteiger charge is 2.08. The third kappa shape index (κ3) is 4.45. The molecule has 0 saturated carbocycles. The molecule has 1 heterocycles. The lowest BCUT2D eigenvalue weighted by Crippen LogP contribution is -2.30. The van der Waals surface area contributed by atoms with Crippen molar-refractivity contribution in [3.63, 3.8) is 0 Å². The molecule has 0 N–H and O–H groups in total. The molecule has 0 unspecified atom stereocenters. The zero-order chi connectivity index (χ0) is 12.6. The predicted molar refractivity (Wildman–Crippen MR) is 79.0 cm³/mol. The van der Waals surface area contributed by atoms with Gasteiger partial charge in [0.15, 0.2) is 0 Å². The van der Waals surface area contributed by atoms with E-state index in [1.54, 1.807) is 0 Å². The summed E-state index contributed by atoms with van der Waals surface area (Å²) in [6.45, 7) is 6.22. The maximum atomic E-state index is 2.64. The topological polar surface area (TPSA) is 3.24 Å². The Balaban J connectivity index is 1.65. The van der Waals surface area contributed by atoms with Crippen molar-refractivity contribution in [1.82, 2.24) is 4.90 Å². The summed E-state index contributed by atoms with van der Waals surface area (Å²) in [4.78, 5) is 2.64. The molecular weight excluding hydrogens is 218 g/mol. The molecule has 0 spiro atoms. The molecule has 1 aromatic carbocycles. The quantitative estimate of drug-likeness (QED) is 0.683. The largest absolute Gasteiger partial charge is 0.303 e. The second-order valence-electron chi connectivity index (χ2n) is 5.53. The van der Waals surface area contributed by atoms with Crippen molar-refractivity contribution in [1.29, 1.82) is 0 Å². The van der Waals surface area contributed by atoms with Gasteiger partial charge in [-0.2, -0.15) is 0 Å². The van der Waals surface area contributed by atoms with Gasteiger partial charge in [-0.15, -0.1) is 0 Å². The molecule has 100 valence electrons. The van der Waals surface area contributed by atoms with Crippen LogP contribution in [0.5, 0.6) is 0 Å². The summed E-state index contributed by atoms with van der Waals surface area (Å²) < 4.78 is 0. The third-order valence-electron chi connectivity index (χ3n) is 4.04. The van der Waals surface area contributed by atoms with E-state index in [0.717, 1.165) is 6.42 Å². The number of nitrogens with zero attached hydrogens (tertiary/aromatic N) is 1. The predicted octanol–water partition coefficient (Wildman–Crippen LogP) is 4.06. The second kappa shape index (κ2) is 7.58. The molecule has 0 radical (unpaired) electrons. The fourth-order valence-electron chi connectivity index (χ4n) is 2.85. The summed E-state index contributed by atoms with van der Waals surface area (Å²) in [5, 5.41) is 0. The van der Waals surface area contributed by atoms with Crippen LogP contribution < -0.4 is 0 Å². The van der Waals surface area contributed by atoms with Crippen LogP contribution in [-0.4, -0.2) is 24.5 Å². The number of rotatable bonds is 6. The van der Waals surface area contributed by atoms with E-state index in [1.165, 1.54) is 69.3 Å². The Morgan fingerprint density at radius 2 is 1.78 bits per heavy atom. The Bertz CT molecular complexity index is 339. The van der Waals surface area contributed by atoms with Gasteiger partial charge < -0.3 is 4.90 Å². The average Bonchev–Trinajstić information content (AvgIpc) is 2.45. The van der Waals surface area contributed by atoms with Gasteiger partial charge in [-0.3, -0.25) is 0 Å². The fraction of sp³-hybridized carbons (Fsp3) is 0.647. The Morgan fingerprint density at radius 1 is 1.00 bits per heavy atom. The SMILES string of the molecule is CCc1cccc(CCCCN2CCCCC2)c1. The van der Waals surface area contributed by atoms with E-state index in [2.05, 4.69) is 36.1 Å². The van der Waals surface area contributed by atoms with Crippen molar-refractivity contribution in [3.8, 4) is 0 Å². The molecule has 1 fully saturated rings. The number of piperidine rings is 1. The highest BCUT2D eigenvalue weighted by Crippen LogP contribution is 2.12.